The number of nitrogens with one attached hydrogen (secondary N) is 1. The molecule has 1 saturated heterocycles. The van der Waals surface area contributed by atoms with E-state index < -0.39 is 0 Å². The number of hydrogen-bond acceptors (Lipinski definition) is 3. The van der Waals surface area contributed by atoms with Crippen LogP contribution in [-0.4, -0.2) is 50.3 Å². The van der Waals surface area contributed by atoms with E-state index in [1.165, 1.54) is 12.8 Å². The second-order valence-corrected chi connectivity index (χ2v) is 5.30. The lowest BCUT2D eigenvalue weighted by Gasteiger charge is -2.29. The first-order valence-electron chi connectivity index (χ1n) is 6.72. The lowest BCUT2D eigenvalue weighted by atomic mass is 10.1. The van der Waals surface area contributed by atoms with E-state index in [0.717, 1.165) is 45.3 Å². The predicted molar refractivity (Wildman–Crippen MR) is 68.8 cm³/mol. The van der Waals surface area contributed by atoms with Crippen LogP contribution in [0.5, 0.6) is 0 Å². The molecule has 0 bridgehead atoms. The lowest BCUT2D eigenvalue weighted by Crippen LogP contribution is -2.44. The molecule has 0 radical (unpaired) electrons. The van der Waals surface area contributed by atoms with Crippen molar-refractivity contribution in [1.29, 1.82) is 0 Å². The van der Waals surface area contributed by atoms with Gasteiger partial charge in [-0.15, -0.1) is 0 Å². The zero-order valence-corrected chi connectivity index (χ0v) is 11.2. The largest absolute Gasteiger partial charge is 0.379 e. The third-order valence-corrected chi connectivity index (χ3v) is 3.09. The Morgan fingerprint density at radius 1 is 1.19 bits per heavy atom. The SMILES string of the molecule is CC(C)CCCNC(C)CN1CCOCC1. The van der Waals surface area contributed by atoms with Crippen molar-refractivity contribution in [2.24, 2.45) is 5.92 Å². The number of hydrogen-bond donors (Lipinski definition) is 1. The van der Waals surface area contributed by atoms with Gasteiger partial charge in [0.25, 0.3) is 0 Å². The van der Waals surface area contributed by atoms with Crippen LogP contribution in [0.25, 0.3) is 0 Å². The van der Waals surface area contributed by atoms with Crippen LogP contribution in [0.1, 0.15) is 33.6 Å². The number of ether oxygens (including phenoxy) is 1. The van der Waals surface area contributed by atoms with Crippen LogP contribution in [0.4, 0.5) is 0 Å². The lowest BCUT2D eigenvalue weighted by molar-refractivity contribution is 0.0344. The summed E-state index contributed by atoms with van der Waals surface area (Å²) in [5.74, 6) is 0.830. The van der Waals surface area contributed by atoms with Crippen LogP contribution in [-0.2, 0) is 4.74 Å². The average Bonchev–Trinajstić information content (AvgIpc) is 2.25. The molecule has 0 aromatic heterocycles. The van der Waals surface area contributed by atoms with Crippen molar-refractivity contribution in [3.8, 4) is 0 Å². The van der Waals surface area contributed by atoms with E-state index >= 15 is 0 Å². The Bertz CT molecular complexity index is 167. The van der Waals surface area contributed by atoms with Gasteiger partial charge in [0.15, 0.2) is 0 Å². The maximum atomic E-state index is 5.34. The molecule has 1 unspecified atom stereocenters. The highest BCUT2D eigenvalue weighted by atomic mass is 16.5. The van der Waals surface area contributed by atoms with Gasteiger partial charge >= 0.3 is 0 Å². The summed E-state index contributed by atoms with van der Waals surface area (Å²) in [7, 11) is 0. The fourth-order valence-corrected chi connectivity index (χ4v) is 2.09. The van der Waals surface area contributed by atoms with E-state index in [4.69, 9.17) is 4.74 Å². The van der Waals surface area contributed by atoms with E-state index in [1.54, 1.807) is 0 Å². The molecule has 1 fully saturated rings. The molecular weight excluding hydrogens is 200 g/mol. The van der Waals surface area contributed by atoms with Crippen molar-refractivity contribution in [3.63, 3.8) is 0 Å². The van der Waals surface area contributed by atoms with Gasteiger partial charge in [0.1, 0.15) is 0 Å². The molecule has 0 aliphatic carbocycles. The Hall–Kier alpha value is -0.120. The smallest absolute Gasteiger partial charge is 0.0594 e. The summed E-state index contributed by atoms with van der Waals surface area (Å²) in [5, 5.41) is 3.60. The molecule has 0 amide bonds. The molecular formula is C13H28N2O. The molecule has 1 aliphatic heterocycles. The third-order valence-electron chi connectivity index (χ3n) is 3.09. The van der Waals surface area contributed by atoms with Gasteiger partial charge in [0.2, 0.25) is 0 Å². The highest BCUT2D eigenvalue weighted by molar-refractivity contribution is 4.69. The summed E-state index contributed by atoms with van der Waals surface area (Å²) in [4.78, 5) is 2.49. The standard InChI is InChI=1S/C13H28N2O/c1-12(2)5-4-6-14-13(3)11-15-7-9-16-10-8-15/h12-14H,4-11H2,1-3H3. The van der Waals surface area contributed by atoms with Gasteiger partial charge in [0, 0.05) is 25.7 Å². The second kappa shape index (κ2) is 8.04. The molecule has 1 rings (SSSR count). The zero-order chi connectivity index (χ0) is 11.8. The first-order chi connectivity index (χ1) is 7.68. The van der Waals surface area contributed by atoms with Gasteiger partial charge in [-0.1, -0.05) is 13.8 Å². The molecule has 3 nitrogen and oxygen atoms in total. The number of morpholine rings is 1. The van der Waals surface area contributed by atoms with Crippen LogP contribution in [0.2, 0.25) is 0 Å². The monoisotopic (exact) mass is 228 g/mol. The van der Waals surface area contributed by atoms with E-state index in [9.17, 15) is 0 Å². The van der Waals surface area contributed by atoms with E-state index in [1.807, 2.05) is 0 Å². The summed E-state index contributed by atoms with van der Waals surface area (Å²) in [5.41, 5.74) is 0. The summed E-state index contributed by atoms with van der Waals surface area (Å²) in [6.45, 7) is 13.2. The van der Waals surface area contributed by atoms with Crippen molar-refractivity contribution in [3.05, 3.63) is 0 Å². The first kappa shape index (κ1) is 13.9. The van der Waals surface area contributed by atoms with Gasteiger partial charge in [-0.2, -0.15) is 0 Å². The molecule has 0 spiro atoms. The van der Waals surface area contributed by atoms with Gasteiger partial charge in [-0.05, 0) is 32.2 Å². The Morgan fingerprint density at radius 2 is 1.88 bits per heavy atom. The molecule has 0 saturated carbocycles. The Morgan fingerprint density at radius 3 is 2.50 bits per heavy atom. The Balaban J connectivity index is 1.99. The number of nitrogens with zero attached hydrogens (tertiary/aromatic N) is 1. The normalized spacial score (nSPS) is 20.2. The van der Waals surface area contributed by atoms with Crippen molar-refractivity contribution in [1.82, 2.24) is 10.2 Å². The Kier molecular flexibility index (Phi) is 7.01. The Labute approximate surface area is 101 Å². The maximum Gasteiger partial charge on any atom is 0.0594 e. The predicted octanol–water partition coefficient (Wildman–Crippen LogP) is 1.73. The van der Waals surface area contributed by atoms with Crippen LogP contribution in [0, 0.1) is 5.92 Å². The van der Waals surface area contributed by atoms with Gasteiger partial charge in [0.05, 0.1) is 13.2 Å². The van der Waals surface area contributed by atoms with Gasteiger partial charge in [-0.3, -0.25) is 4.90 Å². The summed E-state index contributed by atoms with van der Waals surface area (Å²) >= 11 is 0. The average molecular weight is 228 g/mol. The highest BCUT2D eigenvalue weighted by Crippen LogP contribution is 2.03. The van der Waals surface area contributed by atoms with Gasteiger partial charge in [-0.25, -0.2) is 0 Å². The minimum atomic E-state index is 0.602. The quantitative estimate of drug-likeness (QED) is 0.672. The second-order valence-electron chi connectivity index (χ2n) is 5.30. The molecule has 1 heterocycles. The summed E-state index contributed by atoms with van der Waals surface area (Å²) < 4.78 is 5.34. The minimum Gasteiger partial charge on any atom is -0.379 e. The molecule has 0 aromatic carbocycles. The molecule has 1 N–H and O–H groups in total. The fourth-order valence-electron chi connectivity index (χ4n) is 2.09. The zero-order valence-electron chi connectivity index (χ0n) is 11.2. The van der Waals surface area contributed by atoms with Crippen LogP contribution >= 0.6 is 0 Å². The summed E-state index contributed by atoms with van der Waals surface area (Å²) in [6, 6.07) is 0.602. The molecule has 96 valence electrons. The minimum absolute atomic E-state index is 0.602. The van der Waals surface area contributed by atoms with Crippen molar-refractivity contribution in [2.75, 3.05) is 39.4 Å². The van der Waals surface area contributed by atoms with Crippen molar-refractivity contribution >= 4 is 0 Å². The molecule has 1 atom stereocenters. The van der Waals surface area contributed by atoms with Crippen LogP contribution in [0.15, 0.2) is 0 Å². The molecule has 16 heavy (non-hydrogen) atoms. The molecule has 1 aliphatic rings. The third kappa shape index (κ3) is 6.46. The molecule has 0 aromatic rings. The van der Waals surface area contributed by atoms with E-state index in [-0.39, 0.29) is 0 Å². The summed E-state index contributed by atoms with van der Waals surface area (Å²) in [6.07, 6.45) is 2.63. The number of rotatable bonds is 7. The topological polar surface area (TPSA) is 24.5 Å². The van der Waals surface area contributed by atoms with E-state index in [0.29, 0.717) is 6.04 Å². The first-order valence-corrected chi connectivity index (χ1v) is 6.72. The van der Waals surface area contributed by atoms with Crippen LogP contribution < -0.4 is 5.32 Å². The van der Waals surface area contributed by atoms with Crippen LogP contribution in [0.3, 0.4) is 0 Å². The van der Waals surface area contributed by atoms with E-state index in [2.05, 4.69) is 31.0 Å². The van der Waals surface area contributed by atoms with Gasteiger partial charge < -0.3 is 10.1 Å². The highest BCUT2D eigenvalue weighted by Gasteiger charge is 2.12. The van der Waals surface area contributed by atoms with Crippen molar-refractivity contribution < 1.29 is 4.74 Å². The maximum absolute atomic E-state index is 5.34. The fraction of sp³-hybridized carbons (Fsp3) is 1.00. The molecule has 3 heteroatoms. The van der Waals surface area contributed by atoms with Crippen molar-refractivity contribution in [2.45, 2.75) is 39.7 Å².